The summed E-state index contributed by atoms with van der Waals surface area (Å²) in [5.74, 6) is -0.425. The number of pyridine rings is 1. The van der Waals surface area contributed by atoms with Crippen molar-refractivity contribution in [3.63, 3.8) is 0 Å². The van der Waals surface area contributed by atoms with E-state index in [0.717, 1.165) is 38.0 Å². The topological polar surface area (TPSA) is 65.5 Å². The molecule has 0 aliphatic carbocycles. The Balaban J connectivity index is 1.70. The van der Waals surface area contributed by atoms with Crippen LogP contribution in [0.2, 0.25) is 0 Å². The van der Waals surface area contributed by atoms with Gasteiger partial charge in [0, 0.05) is 38.6 Å². The van der Waals surface area contributed by atoms with Crippen molar-refractivity contribution in [2.24, 2.45) is 0 Å². The normalized spacial score (nSPS) is 14.0. The van der Waals surface area contributed by atoms with Gasteiger partial charge in [0.2, 0.25) is 0 Å². The first-order valence-electron chi connectivity index (χ1n) is 8.89. The van der Waals surface area contributed by atoms with Crippen LogP contribution in [0.4, 0.5) is 11.4 Å². The molecule has 3 rings (SSSR count). The molecule has 0 atom stereocenters. The van der Waals surface area contributed by atoms with Crippen LogP contribution >= 0.6 is 0 Å². The van der Waals surface area contributed by atoms with Gasteiger partial charge in [-0.15, -0.1) is 0 Å². The van der Waals surface area contributed by atoms with Crippen molar-refractivity contribution in [3.05, 3.63) is 53.9 Å². The molecule has 2 heterocycles. The Bertz CT molecular complexity index is 781. The number of likely N-dealkylation sites (tertiary alicyclic amines) is 1. The van der Waals surface area contributed by atoms with Gasteiger partial charge in [0.05, 0.1) is 0 Å². The van der Waals surface area contributed by atoms with Crippen LogP contribution in [0.3, 0.4) is 0 Å². The summed E-state index contributed by atoms with van der Waals surface area (Å²) in [6.07, 6.45) is 3.20. The molecular weight excluding hydrogens is 328 g/mol. The number of benzene rings is 1. The molecule has 6 nitrogen and oxygen atoms in total. The van der Waals surface area contributed by atoms with Gasteiger partial charge in [0.1, 0.15) is 11.4 Å². The van der Waals surface area contributed by atoms with Crippen LogP contribution in [0.15, 0.2) is 42.5 Å². The maximum atomic E-state index is 12.6. The number of nitrogens with one attached hydrogen (secondary N) is 1. The van der Waals surface area contributed by atoms with Crippen molar-refractivity contribution >= 4 is 23.2 Å². The predicted octanol–water partition coefficient (Wildman–Crippen LogP) is 3.03. The predicted molar refractivity (Wildman–Crippen MR) is 103 cm³/mol. The largest absolute Gasteiger partial charge is 0.378 e. The van der Waals surface area contributed by atoms with E-state index in [4.69, 9.17) is 0 Å². The van der Waals surface area contributed by atoms with Crippen LogP contribution in [0.5, 0.6) is 0 Å². The minimum absolute atomic E-state index is 0.102. The number of rotatable bonds is 4. The van der Waals surface area contributed by atoms with E-state index in [0.29, 0.717) is 11.4 Å². The first kappa shape index (κ1) is 17.9. The van der Waals surface area contributed by atoms with Gasteiger partial charge >= 0.3 is 0 Å². The summed E-state index contributed by atoms with van der Waals surface area (Å²) in [6.45, 7) is 1.52. The van der Waals surface area contributed by atoms with Gasteiger partial charge in [0.25, 0.3) is 11.8 Å². The van der Waals surface area contributed by atoms with E-state index >= 15 is 0 Å². The zero-order chi connectivity index (χ0) is 18.5. The number of piperidine rings is 1. The lowest BCUT2D eigenvalue weighted by Gasteiger charge is -2.26. The second kappa shape index (κ2) is 7.99. The lowest BCUT2D eigenvalue weighted by atomic mass is 10.1. The molecular formula is C20H24N4O2. The highest BCUT2D eigenvalue weighted by molar-refractivity contribution is 6.03. The third-order valence-corrected chi connectivity index (χ3v) is 4.49. The molecule has 0 saturated carbocycles. The second-order valence-electron chi connectivity index (χ2n) is 6.66. The van der Waals surface area contributed by atoms with E-state index in [2.05, 4.69) is 10.3 Å². The van der Waals surface area contributed by atoms with Crippen molar-refractivity contribution in [2.45, 2.75) is 19.3 Å². The number of carbonyl (C=O) groups excluding carboxylic acids is 2. The zero-order valence-corrected chi connectivity index (χ0v) is 15.2. The van der Waals surface area contributed by atoms with E-state index < -0.39 is 0 Å². The number of carbonyl (C=O) groups is 2. The molecule has 1 aliphatic rings. The van der Waals surface area contributed by atoms with Gasteiger partial charge < -0.3 is 15.1 Å². The summed E-state index contributed by atoms with van der Waals surface area (Å²) in [5.41, 5.74) is 2.30. The van der Waals surface area contributed by atoms with E-state index in [1.165, 1.54) is 0 Å². The van der Waals surface area contributed by atoms with Crippen molar-refractivity contribution in [3.8, 4) is 0 Å². The summed E-state index contributed by atoms with van der Waals surface area (Å²) in [6, 6.07) is 12.5. The quantitative estimate of drug-likeness (QED) is 0.919. The van der Waals surface area contributed by atoms with Crippen LogP contribution in [0.1, 0.15) is 40.2 Å². The number of amides is 2. The van der Waals surface area contributed by atoms with Crippen molar-refractivity contribution < 1.29 is 9.59 Å². The van der Waals surface area contributed by atoms with Gasteiger partial charge in [-0.05, 0) is 55.7 Å². The minimum Gasteiger partial charge on any atom is -0.378 e. The number of nitrogens with zero attached hydrogens (tertiary/aromatic N) is 3. The Morgan fingerprint density at radius 2 is 1.62 bits per heavy atom. The van der Waals surface area contributed by atoms with Crippen molar-refractivity contribution in [1.82, 2.24) is 9.88 Å². The standard InChI is InChI=1S/C20H24N4O2/c1-23(2)16-11-9-15(10-12-16)21-19(25)17-7-6-8-18(22-17)20(26)24-13-4-3-5-14-24/h6-12H,3-5,13-14H2,1-2H3,(H,21,25). The van der Waals surface area contributed by atoms with Crippen LogP contribution in [0.25, 0.3) is 0 Å². The molecule has 0 spiro atoms. The summed E-state index contributed by atoms with van der Waals surface area (Å²) in [4.78, 5) is 33.1. The van der Waals surface area contributed by atoms with E-state index in [9.17, 15) is 9.59 Å². The van der Waals surface area contributed by atoms with Crippen LogP contribution in [-0.2, 0) is 0 Å². The number of anilines is 2. The maximum absolute atomic E-state index is 12.6. The van der Waals surface area contributed by atoms with E-state index in [1.807, 2.05) is 48.2 Å². The highest BCUT2D eigenvalue weighted by Crippen LogP contribution is 2.17. The molecule has 0 bridgehead atoms. The molecule has 26 heavy (non-hydrogen) atoms. The molecule has 1 saturated heterocycles. The lowest BCUT2D eigenvalue weighted by Crippen LogP contribution is -2.36. The molecule has 0 radical (unpaired) electrons. The van der Waals surface area contributed by atoms with E-state index in [1.54, 1.807) is 18.2 Å². The Hall–Kier alpha value is -2.89. The third kappa shape index (κ3) is 4.20. The molecule has 6 heteroatoms. The number of hydrogen-bond acceptors (Lipinski definition) is 4. The van der Waals surface area contributed by atoms with Crippen LogP contribution in [0, 0.1) is 0 Å². The fraction of sp³-hybridized carbons (Fsp3) is 0.350. The summed E-state index contributed by atoms with van der Waals surface area (Å²) < 4.78 is 0. The van der Waals surface area contributed by atoms with Crippen LogP contribution < -0.4 is 10.2 Å². The average Bonchev–Trinajstić information content (AvgIpc) is 2.68. The minimum atomic E-state index is -0.323. The lowest BCUT2D eigenvalue weighted by molar-refractivity contribution is 0.0718. The summed E-state index contributed by atoms with van der Waals surface area (Å²) in [7, 11) is 3.92. The Labute approximate surface area is 153 Å². The Morgan fingerprint density at radius 3 is 2.27 bits per heavy atom. The van der Waals surface area contributed by atoms with E-state index in [-0.39, 0.29) is 17.5 Å². The van der Waals surface area contributed by atoms with Gasteiger partial charge in [0.15, 0.2) is 0 Å². The van der Waals surface area contributed by atoms with Gasteiger partial charge in [-0.1, -0.05) is 6.07 Å². The highest BCUT2D eigenvalue weighted by Gasteiger charge is 2.20. The summed E-state index contributed by atoms with van der Waals surface area (Å²) >= 11 is 0. The molecule has 2 aromatic rings. The molecule has 1 N–H and O–H groups in total. The average molecular weight is 352 g/mol. The SMILES string of the molecule is CN(C)c1ccc(NC(=O)c2cccc(C(=O)N3CCCCC3)n2)cc1. The fourth-order valence-corrected chi connectivity index (χ4v) is 2.98. The zero-order valence-electron chi connectivity index (χ0n) is 15.2. The molecule has 1 aromatic carbocycles. The van der Waals surface area contributed by atoms with Gasteiger partial charge in [-0.25, -0.2) is 4.98 Å². The van der Waals surface area contributed by atoms with Crippen molar-refractivity contribution in [1.29, 1.82) is 0 Å². The maximum Gasteiger partial charge on any atom is 0.274 e. The molecule has 1 aliphatic heterocycles. The highest BCUT2D eigenvalue weighted by atomic mass is 16.2. The molecule has 1 aromatic heterocycles. The number of aromatic nitrogens is 1. The number of hydrogen-bond donors (Lipinski definition) is 1. The Kier molecular flexibility index (Phi) is 5.51. The van der Waals surface area contributed by atoms with Crippen LogP contribution in [-0.4, -0.2) is 48.9 Å². The fourth-order valence-electron chi connectivity index (χ4n) is 2.98. The summed E-state index contributed by atoms with van der Waals surface area (Å²) in [5, 5.41) is 2.83. The van der Waals surface area contributed by atoms with Gasteiger partial charge in [-0.3, -0.25) is 9.59 Å². The molecule has 136 valence electrons. The van der Waals surface area contributed by atoms with Gasteiger partial charge in [-0.2, -0.15) is 0 Å². The second-order valence-corrected chi connectivity index (χ2v) is 6.66. The molecule has 0 unspecified atom stereocenters. The molecule has 1 fully saturated rings. The first-order valence-corrected chi connectivity index (χ1v) is 8.89. The van der Waals surface area contributed by atoms with Crippen molar-refractivity contribution in [2.75, 3.05) is 37.4 Å². The Morgan fingerprint density at radius 1 is 0.962 bits per heavy atom. The monoisotopic (exact) mass is 352 g/mol. The molecule has 2 amide bonds. The third-order valence-electron chi connectivity index (χ3n) is 4.49. The smallest absolute Gasteiger partial charge is 0.274 e. The first-order chi connectivity index (χ1) is 12.5.